The molecule has 2 fully saturated rings. The van der Waals surface area contributed by atoms with Crippen molar-refractivity contribution in [3.05, 3.63) is 18.2 Å². The van der Waals surface area contributed by atoms with Crippen LogP contribution in [0.4, 0.5) is 0 Å². The van der Waals surface area contributed by atoms with Crippen molar-refractivity contribution in [2.75, 3.05) is 32.8 Å². The minimum absolute atomic E-state index is 0.537. The van der Waals surface area contributed by atoms with E-state index in [0.29, 0.717) is 12.1 Å². The third kappa shape index (κ3) is 2.11. The van der Waals surface area contributed by atoms with Crippen LogP contribution in [0.3, 0.4) is 0 Å². The molecule has 0 bridgehead atoms. The number of aromatic amines is 1. The van der Waals surface area contributed by atoms with Crippen LogP contribution in [0, 0.1) is 0 Å². The van der Waals surface area contributed by atoms with E-state index in [0.717, 1.165) is 39.3 Å². The molecular formula is C11H18N4O. The lowest BCUT2D eigenvalue weighted by Gasteiger charge is -2.42. The Bertz CT molecular complexity index is 327. The van der Waals surface area contributed by atoms with Gasteiger partial charge in [-0.2, -0.15) is 0 Å². The second-order valence-corrected chi connectivity index (χ2v) is 4.61. The van der Waals surface area contributed by atoms with Gasteiger partial charge in [-0.1, -0.05) is 0 Å². The van der Waals surface area contributed by atoms with Crippen molar-refractivity contribution >= 4 is 0 Å². The van der Waals surface area contributed by atoms with Gasteiger partial charge in [0.25, 0.3) is 0 Å². The summed E-state index contributed by atoms with van der Waals surface area (Å²) in [6.07, 6.45) is 4.69. The van der Waals surface area contributed by atoms with Crippen LogP contribution in [0.25, 0.3) is 0 Å². The normalized spacial score (nSPS) is 31.2. The van der Waals surface area contributed by atoms with Gasteiger partial charge >= 0.3 is 0 Å². The number of morpholine rings is 1. The Morgan fingerprint density at radius 1 is 1.56 bits per heavy atom. The van der Waals surface area contributed by atoms with Crippen LogP contribution in [0.2, 0.25) is 0 Å². The number of nitrogens with one attached hydrogen (secondary N) is 2. The molecule has 0 aromatic carbocycles. The van der Waals surface area contributed by atoms with Crippen molar-refractivity contribution in [3.63, 3.8) is 0 Å². The molecule has 1 aromatic heterocycles. The van der Waals surface area contributed by atoms with Crippen molar-refractivity contribution in [1.29, 1.82) is 0 Å². The highest BCUT2D eigenvalue weighted by atomic mass is 16.5. The Kier molecular flexibility index (Phi) is 2.90. The van der Waals surface area contributed by atoms with Gasteiger partial charge in [0.05, 0.1) is 19.5 Å². The third-order valence-corrected chi connectivity index (χ3v) is 3.47. The topological polar surface area (TPSA) is 53.2 Å². The molecule has 16 heavy (non-hydrogen) atoms. The smallest absolute Gasteiger partial charge is 0.0921 e. The highest BCUT2D eigenvalue weighted by Crippen LogP contribution is 2.13. The molecule has 0 saturated carbocycles. The first-order valence-electron chi connectivity index (χ1n) is 5.94. The quantitative estimate of drug-likeness (QED) is 0.716. The Hall–Kier alpha value is -0.910. The zero-order chi connectivity index (χ0) is 10.8. The molecule has 1 unspecified atom stereocenters. The molecule has 2 aliphatic rings. The summed E-state index contributed by atoms with van der Waals surface area (Å²) in [7, 11) is 0. The average Bonchev–Trinajstić information content (AvgIpc) is 2.82. The number of H-pyrrole nitrogens is 1. The molecule has 2 atom stereocenters. The van der Waals surface area contributed by atoms with Crippen molar-refractivity contribution in [3.8, 4) is 0 Å². The molecule has 0 radical (unpaired) electrons. The zero-order valence-electron chi connectivity index (χ0n) is 9.35. The van der Waals surface area contributed by atoms with Gasteiger partial charge in [-0.05, 0) is 0 Å². The average molecular weight is 222 g/mol. The van der Waals surface area contributed by atoms with E-state index in [1.54, 1.807) is 6.33 Å². The van der Waals surface area contributed by atoms with Crippen molar-refractivity contribution < 1.29 is 4.74 Å². The number of fused-ring (bicyclic) bond motifs is 1. The molecule has 0 aliphatic carbocycles. The van der Waals surface area contributed by atoms with Crippen LogP contribution >= 0.6 is 0 Å². The number of aromatic nitrogens is 2. The summed E-state index contributed by atoms with van der Waals surface area (Å²) in [5.74, 6) is 0. The number of hydrogen-bond donors (Lipinski definition) is 2. The van der Waals surface area contributed by atoms with Gasteiger partial charge in [0.2, 0.25) is 0 Å². The summed E-state index contributed by atoms with van der Waals surface area (Å²) in [5.41, 5.74) is 1.21. The Morgan fingerprint density at radius 3 is 3.44 bits per heavy atom. The van der Waals surface area contributed by atoms with E-state index in [1.165, 1.54) is 5.69 Å². The van der Waals surface area contributed by atoms with Crippen molar-refractivity contribution in [2.45, 2.75) is 18.5 Å². The van der Waals surface area contributed by atoms with Crippen LogP contribution in [0.15, 0.2) is 12.5 Å². The molecule has 1 aromatic rings. The first-order chi connectivity index (χ1) is 7.92. The second kappa shape index (κ2) is 4.53. The van der Waals surface area contributed by atoms with Crippen molar-refractivity contribution in [1.82, 2.24) is 20.2 Å². The molecule has 3 rings (SSSR count). The number of piperazine rings is 1. The maximum Gasteiger partial charge on any atom is 0.0921 e. The molecule has 0 amide bonds. The van der Waals surface area contributed by atoms with Gasteiger partial charge in [0, 0.05) is 50.0 Å². The molecular weight excluding hydrogens is 204 g/mol. The monoisotopic (exact) mass is 222 g/mol. The number of imidazole rings is 1. The van der Waals surface area contributed by atoms with Crippen LogP contribution in [-0.2, 0) is 11.2 Å². The molecule has 0 spiro atoms. The van der Waals surface area contributed by atoms with Gasteiger partial charge in [-0.15, -0.1) is 0 Å². The number of nitrogens with zero attached hydrogens (tertiary/aromatic N) is 2. The van der Waals surface area contributed by atoms with Crippen LogP contribution in [0.1, 0.15) is 5.69 Å². The van der Waals surface area contributed by atoms with Crippen molar-refractivity contribution in [2.24, 2.45) is 0 Å². The molecule has 2 aliphatic heterocycles. The van der Waals surface area contributed by atoms with E-state index in [-0.39, 0.29) is 0 Å². The second-order valence-electron chi connectivity index (χ2n) is 4.61. The maximum absolute atomic E-state index is 5.48. The highest BCUT2D eigenvalue weighted by molar-refractivity contribution is 5.00. The van der Waals surface area contributed by atoms with E-state index in [4.69, 9.17) is 4.74 Å². The van der Waals surface area contributed by atoms with E-state index < -0.39 is 0 Å². The predicted octanol–water partition coefficient (Wildman–Crippen LogP) is -0.375. The summed E-state index contributed by atoms with van der Waals surface area (Å²) in [4.78, 5) is 9.76. The highest BCUT2D eigenvalue weighted by Gasteiger charge is 2.30. The van der Waals surface area contributed by atoms with E-state index in [2.05, 4.69) is 20.2 Å². The molecule has 2 saturated heterocycles. The number of hydrogen-bond acceptors (Lipinski definition) is 4. The van der Waals surface area contributed by atoms with Gasteiger partial charge in [-0.25, -0.2) is 4.98 Å². The number of ether oxygens (including phenoxy) is 1. The van der Waals surface area contributed by atoms with Crippen LogP contribution in [-0.4, -0.2) is 59.8 Å². The fraction of sp³-hybridized carbons (Fsp3) is 0.727. The summed E-state index contributed by atoms with van der Waals surface area (Å²) in [6, 6.07) is 1.11. The first kappa shape index (κ1) is 10.3. The van der Waals surface area contributed by atoms with Crippen LogP contribution in [0.5, 0.6) is 0 Å². The van der Waals surface area contributed by atoms with Crippen LogP contribution < -0.4 is 5.32 Å². The Morgan fingerprint density at radius 2 is 2.56 bits per heavy atom. The van der Waals surface area contributed by atoms with E-state index >= 15 is 0 Å². The number of rotatable bonds is 2. The standard InChI is InChI=1S/C11H18N4O/c1-2-16-7-11-5-13-10(6-15(1)11)3-9-4-12-8-14-9/h4,8,10-11,13H,1-3,5-7H2,(H,12,14)/t10-,11?/m0/s1. The summed E-state index contributed by atoms with van der Waals surface area (Å²) < 4.78 is 5.48. The van der Waals surface area contributed by atoms with E-state index in [9.17, 15) is 0 Å². The van der Waals surface area contributed by atoms with Gasteiger partial charge in [0.15, 0.2) is 0 Å². The predicted molar refractivity (Wildman–Crippen MR) is 60.3 cm³/mol. The Balaban J connectivity index is 1.58. The molecule has 2 N–H and O–H groups in total. The fourth-order valence-electron chi connectivity index (χ4n) is 2.57. The molecule has 3 heterocycles. The Labute approximate surface area is 95.2 Å². The summed E-state index contributed by atoms with van der Waals surface area (Å²) in [5, 5.41) is 3.59. The van der Waals surface area contributed by atoms with Gasteiger partial charge < -0.3 is 15.0 Å². The lowest BCUT2D eigenvalue weighted by Crippen LogP contribution is -2.61. The maximum atomic E-state index is 5.48. The fourth-order valence-corrected chi connectivity index (χ4v) is 2.57. The molecule has 5 nitrogen and oxygen atoms in total. The van der Waals surface area contributed by atoms with E-state index in [1.807, 2.05) is 6.20 Å². The molecule has 88 valence electrons. The summed E-state index contributed by atoms with van der Waals surface area (Å²) >= 11 is 0. The van der Waals surface area contributed by atoms with Gasteiger partial charge in [0.1, 0.15) is 0 Å². The first-order valence-corrected chi connectivity index (χ1v) is 5.94. The molecule has 5 heteroatoms. The lowest BCUT2D eigenvalue weighted by molar-refractivity contribution is -0.0260. The SMILES string of the molecule is c1ncc(C[C@H]2CN3CCOCC3CN2)[nH]1. The largest absolute Gasteiger partial charge is 0.378 e. The lowest BCUT2D eigenvalue weighted by atomic mass is 10.0. The minimum atomic E-state index is 0.537. The third-order valence-electron chi connectivity index (χ3n) is 3.47. The summed E-state index contributed by atoms with van der Waals surface area (Å²) in [6.45, 7) is 4.99. The van der Waals surface area contributed by atoms with Gasteiger partial charge in [-0.3, -0.25) is 4.90 Å². The zero-order valence-corrected chi connectivity index (χ0v) is 9.35. The minimum Gasteiger partial charge on any atom is -0.378 e.